The van der Waals surface area contributed by atoms with Crippen molar-refractivity contribution >= 4 is 17.5 Å². The molecule has 132 valence electrons. The Labute approximate surface area is 145 Å². The molecule has 4 rings (SSSR count). The number of likely N-dealkylation sites (tertiary alicyclic amines) is 2. The quantitative estimate of drug-likeness (QED) is 0.793. The zero-order valence-corrected chi connectivity index (χ0v) is 14.5. The minimum Gasteiger partial charge on any atom is -0.345 e. The minimum absolute atomic E-state index is 0.0974. The van der Waals surface area contributed by atoms with Gasteiger partial charge in [-0.3, -0.25) is 14.0 Å². The number of amides is 2. The maximum atomic E-state index is 14.6. The number of rotatable bonds is 1. The average molecular weight is 344 g/mol. The number of nitrogens with zero attached hydrogens (tertiary/aromatic N) is 4. The van der Waals surface area contributed by atoms with E-state index >= 15 is 0 Å². The van der Waals surface area contributed by atoms with Gasteiger partial charge in [-0.1, -0.05) is 0 Å². The number of hydrogen-bond donors (Lipinski definition) is 0. The number of hydrogen-bond acceptors (Lipinski definition) is 3. The molecule has 0 radical (unpaired) electrons. The molecule has 2 aliphatic heterocycles. The summed E-state index contributed by atoms with van der Waals surface area (Å²) in [5.74, 6) is -0.982. The van der Waals surface area contributed by atoms with Gasteiger partial charge in [-0.25, -0.2) is 4.98 Å². The maximum absolute atomic E-state index is 14.6. The summed E-state index contributed by atoms with van der Waals surface area (Å²) in [7, 11) is 1.80. The van der Waals surface area contributed by atoms with Crippen LogP contribution in [0.2, 0.25) is 0 Å². The van der Waals surface area contributed by atoms with E-state index in [9.17, 15) is 14.0 Å². The Balaban J connectivity index is 1.62. The summed E-state index contributed by atoms with van der Waals surface area (Å²) < 4.78 is 15.9. The van der Waals surface area contributed by atoms with Gasteiger partial charge in [-0.2, -0.15) is 4.39 Å². The molecule has 25 heavy (non-hydrogen) atoms. The van der Waals surface area contributed by atoms with Crippen molar-refractivity contribution in [2.24, 2.45) is 5.41 Å². The van der Waals surface area contributed by atoms with Crippen LogP contribution < -0.4 is 0 Å². The third-order valence-electron chi connectivity index (χ3n) is 5.52. The highest BCUT2D eigenvalue weighted by Gasteiger charge is 2.49. The lowest BCUT2D eigenvalue weighted by Gasteiger charge is -2.37. The molecule has 0 saturated carbocycles. The summed E-state index contributed by atoms with van der Waals surface area (Å²) in [6, 6.07) is 3.51. The molecule has 0 bridgehead atoms. The Morgan fingerprint density at radius 1 is 1.32 bits per heavy atom. The second-order valence-electron chi connectivity index (χ2n) is 7.27. The second kappa shape index (κ2) is 5.54. The van der Waals surface area contributed by atoms with Crippen molar-refractivity contribution in [1.29, 1.82) is 0 Å². The van der Waals surface area contributed by atoms with Crippen molar-refractivity contribution < 1.29 is 14.0 Å². The summed E-state index contributed by atoms with van der Waals surface area (Å²) in [5, 5.41) is 0. The normalized spacial score (nSPS) is 23.9. The van der Waals surface area contributed by atoms with Crippen molar-refractivity contribution in [1.82, 2.24) is 19.2 Å². The third-order valence-corrected chi connectivity index (χ3v) is 5.52. The van der Waals surface area contributed by atoms with Crippen LogP contribution in [0.5, 0.6) is 0 Å². The first-order valence-corrected chi connectivity index (χ1v) is 8.60. The molecule has 0 aromatic carbocycles. The summed E-state index contributed by atoms with van der Waals surface area (Å²) in [6.07, 6.45) is 3.93. The van der Waals surface area contributed by atoms with Gasteiger partial charge in [0.25, 0.3) is 5.91 Å². The van der Waals surface area contributed by atoms with Crippen molar-refractivity contribution in [2.45, 2.75) is 26.2 Å². The molecular weight excluding hydrogens is 323 g/mol. The van der Waals surface area contributed by atoms with E-state index in [0.29, 0.717) is 25.2 Å². The van der Waals surface area contributed by atoms with Gasteiger partial charge >= 0.3 is 0 Å². The molecule has 1 spiro atoms. The lowest BCUT2D eigenvalue weighted by atomic mass is 9.78. The second-order valence-corrected chi connectivity index (χ2v) is 7.27. The van der Waals surface area contributed by atoms with Crippen LogP contribution in [-0.4, -0.2) is 57.7 Å². The molecule has 4 heterocycles. The van der Waals surface area contributed by atoms with E-state index in [0.717, 1.165) is 24.9 Å². The number of aryl methyl sites for hydroxylation is 1. The summed E-state index contributed by atoms with van der Waals surface area (Å²) in [5.41, 5.74) is 0.699. The standard InChI is InChI=1S/C18H21FN4O2/c1-12-4-8-23-13(10-12)20-14(15(23)19)16(24)22-9-6-18(11-22)5-3-7-21(2)17(18)25/h4,8,10H,3,5-7,9,11H2,1-2H3. The van der Waals surface area contributed by atoms with Crippen molar-refractivity contribution in [2.75, 3.05) is 26.7 Å². The Kier molecular flexibility index (Phi) is 3.56. The molecular formula is C18H21FN4O2. The molecule has 2 aromatic rings. The molecule has 2 aromatic heterocycles. The summed E-state index contributed by atoms with van der Waals surface area (Å²) in [4.78, 5) is 32.9. The molecule has 2 amide bonds. The van der Waals surface area contributed by atoms with Crippen molar-refractivity contribution in [3.8, 4) is 0 Å². The highest BCUT2D eigenvalue weighted by Crippen LogP contribution is 2.40. The number of carbonyl (C=O) groups excluding carboxylic acids is 2. The number of piperidine rings is 1. The molecule has 0 N–H and O–H groups in total. The number of fused-ring (bicyclic) bond motifs is 1. The number of imidazole rings is 1. The van der Waals surface area contributed by atoms with E-state index in [4.69, 9.17) is 0 Å². The monoisotopic (exact) mass is 344 g/mol. The van der Waals surface area contributed by atoms with Gasteiger partial charge in [0.15, 0.2) is 5.69 Å². The molecule has 1 unspecified atom stereocenters. The van der Waals surface area contributed by atoms with E-state index in [1.54, 1.807) is 35.2 Å². The van der Waals surface area contributed by atoms with Crippen molar-refractivity contribution in [3.63, 3.8) is 0 Å². The SMILES string of the molecule is Cc1ccn2c(F)c(C(=O)N3CCC4(CCCN(C)C4=O)C3)nc2c1. The summed E-state index contributed by atoms with van der Waals surface area (Å²) in [6.45, 7) is 3.46. The first-order valence-electron chi connectivity index (χ1n) is 8.60. The molecule has 2 fully saturated rings. The number of aromatic nitrogens is 2. The van der Waals surface area contributed by atoms with E-state index in [2.05, 4.69) is 4.98 Å². The smallest absolute Gasteiger partial charge is 0.277 e. The number of halogens is 1. The van der Waals surface area contributed by atoms with Crippen LogP contribution in [0, 0.1) is 18.3 Å². The van der Waals surface area contributed by atoms with Crippen LogP contribution in [-0.2, 0) is 4.79 Å². The largest absolute Gasteiger partial charge is 0.345 e. The van der Waals surface area contributed by atoms with Crippen LogP contribution in [0.25, 0.3) is 5.65 Å². The van der Waals surface area contributed by atoms with Gasteiger partial charge in [-0.05, 0) is 43.9 Å². The van der Waals surface area contributed by atoms with Crippen LogP contribution in [0.3, 0.4) is 0 Å². The van der Waals surface area contributed by atoms with E-state index in [-0.39, 0.29) is 11.6 Å². The fraction of sp³-hybridized carbons (Fsp3) is 0.500. The Morgan fingerprint density at radius 2 is 2.12 bits per heavy atom. The molecule has 6 nitrogen and oxygen atoms in total. The fourth-order valence-corrected chi connectivity index (χ4v) is 4.09. The Bertz CT molecular complexity index is 877. The third kappa shape index (κ3) is 2.41. The van der Waals surface area contributed by atoms with Gasteiger partial charge in [0, 0.05) is 32.9 Å². The summed E-state index contributed by atoms with van der Waals surface area (Å²) >= 11 is 0. The van der Waals surface area contributed by atoms with Gasteiger partial charge in [0.05, 0.1) is 5.41 Å². The lowest BCUT2D eigenvalue weighted by Crippen LogP contribution is -2.48. The van der Waals surface area contributed by atoms with Crippen LogP contribution >= 0.6 is 0 Å². The van der Waals surface area contributed by atoms with Gasteiger partial charge < -0.3 is 9.80 Å². The molecule has 1 atom stereocenters. The highest BCUT2D eigenvalue weighted by atomic mass is 19.1. The van der Waals surface area contributed by atoms with Crippen LogP contribution in [0.4, 0.5) is 4.39 Å². The predicted octanol–water partition coefficient (Wildman–Crippen LogP) is 1.87. The van der Waals surface area contributed by atoms with E-state index in [1.807, 2.05) is 6.92 Å². The lowest BCUT2D eigenvalue weighted by molar-refractivity contribution is -0.143. The number of pyridine rings is 1. The zero-order chi connectivity index (χ0) is 17.8. The maximum Gasteiger partial charge on any atom is 0.277 e. The fourth-order valence-electron chi connectivity index (χ4n) is 4.09. The molecule has 2 saturated heterocycles. The molecule has 7 heteroatoms. The minimum atomic E-state index is -0.645. The average Bonchev–Trinajstić information content (AvgIpc) is 3.15. The van der Waals surface area contributed by atoms with Gasteiger partial charge in [0.2, 0.25) is 11.9 Å². The van der Waals surface area contributed by atoms with E-state index < -0.39 is 17.3 Å². The van der Waals surface area contributed by atoms with Gasteiger partial charge in [-0.15, -0.1) is 0 Å². The Morgan fingerprint density at radius 3 is 2.92 bits per heavy atom. The van der Waals surface area contributed by atoms with Crippen molar-refractivity contribution in [3.05, 3.63) is 35.5 Å². The predicted molar refractivity (Wildman–Crippen MR) is 89.7 cm³/mol. The van der Waals surface area contributed by atoms with Gasteiger partial charge in [0.1, 0.15) is 5.65 Å². The number of carbonyl (C=O) groups is 2. The topological polar surface area (TPSA) is 57.9 Å². The molecule has 2 aliphatic rings. The highest BCUT2D eigenvalue weighted by molar-refractivity contribution is 5.94. The van der Waals surface area contributed by atoms with Crippen LogP contribution in [0.1, 0.15) is 35.3 Å². The Hall–Kier alpha value is -2.44. The zero-order valence-electron chi connectivity index (χ0n) is 14.5. The first kappa shape index (κ1) is 16.1. The first-order chi connectivity index (χ1) is 11.9. The molecule has 0 aliphatic carbocycles. The van der Waals surface area contributed by atoms with Crippen LogP contribution in [0.15, 0.2) is 18.3 Å². The van der Waals surface area contributed by atoms with E-state index in [1.165, 1.54) is 4.40 Å².